The van der Waals surface area contributed by atoms with Crippen LogP contribution in [0.25, 0.3) is 0 Å². The zero-order chi connectivity index (χ0) is 9.40. The van der Waals surface area contributed by atoms with Crippen molar-refractivity contribution in [2.75, 3.05) is 6.54 Å². The topological polar surface area (TPSA) is 12.0 Å². The van der Waals surface area contributed by atoms with E-state index in [0.29, 0.717) is 6.04 Å². The Bertz CT molecular complexity index is 123. The van der Waals surface area contributed by atoms with E-state index in [1.165, 1.54) is 12.8 Å². The fourth-order valence-corrected chi connectivity index (χ4v) is 1.26. The van der Waals surface area contributed by atoms with Crippen LogP contribution in [0.2, 0.25) is 0 Å². The number of halogens is 1. The Hall–Kier alpha value is -0.0100. The molecule has 0 saturated carbocycles. The average Bonchev–Trinajstić information content (AvgIpc) is 2.05. The monoisotopic (exact) mass is 189 g/mol. The van der Waals surface area contributed by atoms with Gasteiger partial charge in [-0.2, -0.15) is 0 Å². The first kappa shape index (κ1) is 12.0. The minimum absolute atomic E-state index is 0.591. The van der Waals surface area contributed by atoms with E-state index in [1.807, 2.05) is 6.08 Å². The molecule has 2 unspecified atom stereocenters. The van der Waals surface area contributed by atoms with Crippen LogP contribution in [0.3, 0.4) is 0 Å². The van der Waals surface area contributed by atoms with Crippen LogP contribution in [0.1, 0.15) is 33.6 Å². The van der Waals surface area contributed by atoms with Gasteiger partial charge < -0.3 is 5.32 Å². The van der Waals surface area contributed by atoms with Crippen molar-refractivity contribution in [3.63, 3.8) is 0 Å². The van der Waals surface area contributed by atoms with Crippen LogP contribution in [-0.2, 0) is 0 Å². The van der Waals surface area contributed by atoms with Gasteiger partial charge in [0.05, 0.1) is 0 Å². The summed E-state index contributed by atoms with van der Waals surface area (Å²) < 4.78 is 0. The van der Waals surface area contributed by atoms with Crippen LogP contribution in [0, 0.1) is 5.92 Å². The van der Waals surface area contributed by atoms with Crippen molar-refractivity contribution in [1.82, 2.24) is 5.32 Å². The molecule has 0 rings (SSSR count). The van der Waals surface area contributed by atoms with Gasteiger partial charge in [0.15, 0.2) is 0 Å². The number of hydrogen-bond acceptors (Lipinski definition) is 1. The Morgan fingerprint density at radius 3 is 2.58 bits per heavy atom. The summed E-state index contributed by atoms with van der Waals surface area (Å²) in [5.74, 6) is 0.812. The van der Waals surface area contributed by atoms with Crippen molar-refractivity contribution in [3.05, 3.63) is 11.6 Å². The zero-order valence-corrected chi connectivity index (χ0v) is 9.06. The summed E-state index contributed by atoms with van der Waals surface area (Å²) in [4.78, 5) is 0. The summed E-state index contributed by atoms with van der Waals surface area (Å²) in [6, 6.07) is 0.591. The van der Waals surface area contributed by atoms with Gasteiger partial charge in [-0.3, -0.25) is 0 Å². The van der Waals surface area contributed by atoms with E-state index in [9.17, 15) is 0 Å². The van der Waals surface area contributed by atoms with Gasteiger partial charge in [0, 0.05) is 18.1 Å². The van der Waals surface area contributed by atoms with Crippen molar-refractivity contribution in [3.8, 4) is 0 Å². The van der Waals surface area contributed by atoms with Gasteiger partial charge in [0.2, 0.25) is 0 Å². The lowest BCUT2D eigenvalue weighted by Crippen LogP contribution is -2.27. The highest BCUT2D eigenvalue weighted by atomic mass is 35.5. The zero-order valence-electron chi connectivity index (χ0n) is 8.31. The molecule has 2 heteroatoms. The van der Waals surface area contributed by atoms with Gasteiger partial charge in [-0.15, -0.1) is 0 Å². The molecule has 0 saturated heterocycles. The quantitative estimate of drug-likeness (QED) is 0.677. The van der Waals surface area contributed by atoms with Crippen molar-refractivity contribution in [2.24, 2.45) is 5.92 Å². The molecule has 72 valence electrons. The Morgan fingerprint density at radius 2 is 2.08 bits per heavy atom. The first-order valence-corrected chi connectivity index (χ1v) is 5.13. The summed E-state index contributed by atoms with van der Waals surface area (Å²) in [5.41, 5.74) is 1.56. The maximum atomic E-state index is 5.40. The molecule has 0 bridgehead atoms. The molecule has 0 aliphatic rings. The smallest absolute Gasteiger partial charge is 0.0148 e. The molecule has 1 N–H and O–H groups in total. The number of rotatable bonds is 6. The highest BCUT2D eigenvalue weighted by Crippen LogP contribution is 2.08. The molecule has 0 radical (unpaired) electrons. The first-order valence-electron chi connectivity index (χ1n) is 4.69. The largest absolute Gasteiger partial charge is 0.311 e. The second-order valence-corrected chi connectivity index (χ2v) is 3.67. The lowest BCUT2D eigenvalue weighted by atomic mass is 10.0. The summed E-state index contributed by atoms with van der Waals surface area (Å²) >= 11 is 5.40. The minimum atomic E-state index is 0.591. The second-order valence-electron chi connectivity index (χ2n) is 3.42. The van der Waals surface area contributed by atoms with Crippen LogP contribution in [0.15, 0.2) is 11.6 Å². The van der Waals surface area contributed by atoms with E-state index < -0.39 is 0 Å². The summed E-state index contributed by atoms with van der Waals surface area (Å²) in [5, 5.41) is 3.38. The molecule has 0 amide bonds. The summed E-state index contributed by atoms with van der Waals surface area (Å²) in [7, 11) is 0. The van der Waals surface area contributed by atoms with Gasteiger partial charge in [-0.1, -0.05) is 37.9 Å². The average molecular weight is 190 g/mol. The van der Waals surface area contributed by atoms with Crippen LogP contribution >= 0.6 is 11.6 Å². The third-order valence-electron chi connectivity index (χ3n) is 2.13. The van der Waals surface area contributed by atoms with Crippen molar-refractivity contribution in [2.45, 2.75) is 39.7 Å². The molecule has 0 aromatic carbocycles. The van der Waals surface area contributed by atoms with E-state index >= 15 is 0 Å². The fraction of sp³-hybridized carbons (Fsp3) is 0.800. The Labute approximate surface area is 81.2 Å². The van der Waals surface area contributed by atoms with Gasteiger partial charge in [-0.25, -0.2) is 0 Å². The molecule has 12 heavy (non-hydrogen) atoms. The summed E-state index contributed by atoms with van der Waals surface area (Å²) in [6.45, 7) is 7.61. The highest BCUT2D eigenvalue weighted by molar-refractivity contribution is 6.25. The highest BCUT2D eigenvalue weighted by Gasteiger charge is 2.04. The predicted molar refractivity (Wildman–Crippen MR) is 56.5 cm³/mol. The molecule has 0 aromatic heterocycles. The van der Waals surface area contributed by atoms with Gasteiger partial charge >= 0.3 is 0 Å². The standard InChI is InChI=1S/C10H20ClN/c1-4-9(2)8-10(3)12-7-5-6-11/h5-6,9-10,12H,4,7-8H2,1-3H3/b6-5+. The third kappa shape index (κ3) is 6.68. The Kier molecular flexibility index (Phi) is 7.62. The molecule has 0 spiro atoms. The molecule has 0 aromatic rings. The van der Waals surface area contributed by atoms with Gasteiger partial charge in [0.1, 0.15) is 0 Å². The van der Waals surface area contributed by atoms with Crippen LogP contribution in [-0.4, -0.2) is 12.6 Å². The number of hydrogen-bond donors (Lipinski definition) is 1. The van der Waals surface area contributed by atoms with Crippen LogP contribution in [0.5, 0.6) is 0 Å². The van der Waals surface area contributed by atoms with E-state index in [4.69, 9.17) is 11.6 Å². The predicted octanol–water partition coefficient (Wildman–Crippen LogP) is 3.15. The van der Waals surface area contributed by atoms with Gasteiger partial charge in [0.25, 0.3) is 0 Å². The SMILES string of the molecule is CCC(C)CC(C)NC/C=C/Cl. The molecule has 0 heterocycles. The van der Waals surface area contributed by atoms with Crippen molar-refractivity contribution >= 4 is 11.6 Å². The normalized spacial score (nSPS) is 16.7. The van der Waals surface area contributed by atoms with E-state index in [0.717, 1.165) is 12.5 Å². The molecule has 0 fully saturated rings. The van der Waals surface area contributed by atoms with Crippen molar-refractivity contribution in [1.29, 1.82) is 0 Å². The van der Waals surface area contributed by atoms with Crippen molar-refractivity contribution < 1.29 is 0 Å². The van der Waals surface area contributed by atoms with E-state index in [2.05, 4.69) is 26.1 Å². The van der Waals surface area contributed by atoms with Crippen LogP contribution in [0.4, 0.5) is 0 Å². The lowest BCUT2D eigenvalue weighted by molar-refractivity contribution is 0.424. The Morgan fingerprint density at radius 1 is 1.42 bits per heavy atom. The maximum absolute atomic E-state index is 5.40. The minimum Gasteiger partial charge on any atom is -0.311 e. The molecule has 0 aliphatic carbocycles. The molecule has 1 nitrogen and oxygen atoms in total. The van der Waals surface area contributed by atoms with E-state index in [-0.39, 0.29) is 0 Å². The Balaban J connectivity index is 3.38. The van der Waals surface area contributed by atoms with Crippen LogP contribution < -0.4 is 5.32 Å². The molecule has 2 atom stereocenters. The fourth-order valence-electron chi connectivity index (χ4n) is 1.17. The number of nitrogens with one attached hydrogen (secondary N) is 1. The first-order chi connectivity index (χ1) is 5.70. The lowest BCUT2D eigenvalue weighted by Gasteiger charge is -2.16. The maximum Gasteiger partial charge on any atom is 0.0148 e. The molecule has 0 aliphatic heterocycles. The molecular weight excluding hydrogens is 170 g/mol. The van der Waals surface area contributed by atoms with Gasteiger partial charge in [-0.05, 0) is 19.3 Å². The second kappa shape index (κ2) is 7.63. The third-order valence-corrected chi connectivity index (χ3v) is 2.30. The summed E-state index contributed by atoms with van der Waals surface area (Å²) in [6.07, 6.45) is 4.43. The molecular formula is C10H20ClN. The van der Waals surface area contributed by atoms with E-state index in [1.54, 1.807) is 5.54 Å².